The first-order valence-electron chi connectivity index (χ1n) is 6.31. The molecule has 3 N–H and O–H groups in total. The molecule has 0 aliphatic carbocycles. The van der Waals surface area contributed by atoms with Crippen LogP contribution in [0.3, 0.4) is 0 Å². The van der Waals surface area contributed by atoms with Gasteiger partial charge >= 0.3 is 12.0 Å². The fourth-order valence-corrected chi connectivity index (χ4v) is 1.52. The predicted molar refractivity (Wildman–Crippen MR) is 68.6 cm³/mol. The van der Waals surface area contributed by atoms with Crippen LogP contribution in [0.15, 0.2) is 0 Å². The minimum atomic E-state index is -0.750. The van der Waals surface area contributed by atoms with Crippen LogP contribution >= 0.6 is 0 Å². The van der Waals surface area contributed by atoms with E-state index in [4.69, 9.17) is 9.84 Å². The minimum Gasteiger partial charge on any atom is -0.481 e. The highest BCUT2D eigenvalue weighted by molar-refractivity contribution is 5.74. The largest absolute Gasteiger partial charge is 0.481 e. The summed E-state index contributed by atoms with van der Waals surface area (Å²) in [6.45, 7) is 2.97. The molecule has 1 unspecified atom stereocenters. The Balaban J connectivity index is 3.32. The number of ether oxygens (including phenoxy) is 1. The van der Waals surface area contributed by atoms with E-state index in [1.807, 2.05) is 6.92 Å². The van der Waals surface area contributed by atoms with Gasteiger partial charge < -0.3 is 20.5 Å². The normalized spacial score (nSPS) is 11.9. The molecule has 6 nitrogen and oxygen atoms in total. The molecular formula is C12H24N2O4. The molecule has 0 spiro atoms. The van der Waals surface area contributed by atoms with Crippen LogP contribution in [0.4, 0.5) is 4.79 Å². The predicted octanol–water partition coefficient (Wildman–Crippen LogP) is 1.36. The number of nitrogens with one attached hydrogen (secondary N) is 2. The second-order valence-electron chi connectivity index (χ2n) is 4.31. The Bertz CT molecular complexity index is 246. The molecule has 0 aliphatic heterocycles. The summed E-state index contributed by atoms with van der Waals surface area (Å²) in [5.41, 5.74) is 0. The van der Waals surface area contributed by atoms with Gasteiger partial charge in [-0.1, -0.05) is 12.8 Å². The van der Waals surface area contributed by atoms with Crippen molar-refractivity contribution in [3.8, 4) is 0 Å². The van der Waals surface area contributed by atoms with Crippen molar-refractivity contribution in [1.29, 1.82) is 0 Å². The highest BCUT2D eigenvalue weighted by Gasteiger charge is 2.05. The lowest BCUT2D eigenvalue weighted by atomic mass is 10.1. The highest BCUT2D eigenvalue weighted by atomic mass is 16.5. The maximum absolute atomic E-state index is 11.4. The minimum absolute atomic E-state index is 0.00873. The van der Waals surface area contributed by atoms with E-state index in [0.717, 1.165) is 19.3 Å². The Morgan fingerprint density at radius 2 is 1.89 bits per heavy atom. The standard InChI is InChI=1S/C12H24N2O4/c1-10(9-18-2)14-12(17)13-8-6-4-3-5-7-11(15)16/h10H,3-9H2,1-2H3,(H,15,16)(H2,13,14,17). The first kappa shape index (κ1) is 16.7. The van der Waals surface area contributed by atoms with E-state index in [9.17, 15) is 9.59 Å². The van der Waals surface area contributed by atoms with Crippen LogP contribution in [0.25, 0.3) is 0 Å². The molecule has 0 aliphatic rings. The number of hydrogen-bond donors (Lipinski definition) is 3. The van der Waals surface area contributed by atoms with Crippen molar-refractivity contribution < 1.29 is 19.4 Å². The number of rotatable bonds is 10. The summed E-state index contributed by atoms with van der Waals surface area (Å²) in [5, 5.41) is 13.9. The molecule has 0 aromatic carbocycles. The lowest BCUT2D eigenvalue weighted by Gasteiger charge is -2.13. The van der Waals surface area contributed by atoms with Crippen molar-refractivity contribution in [1.82, 2.24) is 10.6 Å². The van der Waals surface area contributed by atoms with Crippen LogP contribution in [0, 0.1) is 0 Å². The van der Waals surface area contributed by atoms with Crippen molar-refractivity contribution in [2.45, 2.75) is 45.1 Å². The van der Waals surface area contributed by atoms with Gasteiger partial charge in [-0.3, -0.25) is 4.79 Å². The Labute approximate surface area is 108 Å². The first-order chi connectivity index (χ1) is 8.56. The number of unbranched alkanes of at least 4 members (excludes halogenated alkanes) is 3. The maximum Gasteiger partial charge on any atom is 0.315 e. The first-order valence-corrected chi connectivity index (χ1v) is 6.31. The molecule has 0 fully saturated rings. The van der Waals surface area contributed by atoms with Crippen molar-refractivity contribution >= 4 is 12.0 Å². The van der Waals surface area contributed by atoms with Crippen LogP contribution in [0.1, 0.15) is 39.0 Å². The Kier molecular flexibility index (Phi) is 10.0. The van der Waals surface area contributed by atoms with Crippen molar-refractivity contribution in [3.63, 3.8) is 0 Å². The summed E-state index contributed by atoms with van der Waals surface area (Å²) < 4.78 is 4.90. The molecule has 0 aromatic rings. The number of carboxylic acids is 1. The van der Waals surface area contributed by atoms with Crippen molar-refractivity contribution in [2.75, 3.05) is 20.3 Å². The Morgan fingerprint density at radius 3 is 2.50 bits per heavy atom. The summed E-state index contributed by atoms with van der Waals surface area (Å²) in [7, 11) is 1.59. The van der Waals surface area contributed by atoms with Crippen LogP contribution in [-0.2, 0) is 9.53 Å². The third-order valence-corrected chi connectivity index (χ3v) is 2.40. The summed E-state index contributed by atoms with van der Waals surface area (Å²) >= 11 is 0. The molecule has 18 heavy (non-hydrogen) atoms. The van der Waals surface area contributed by atoms with E-state index in [1.54, 1.807) is 7.11 Å². The lowest BCUT2D eigenvalue weighted by Crippen LogP contribution is -2.42. The lowest BCUT2D eigenvalue weighted by molar-refractivity contribution is -0.137. The Hall–Kier alpha value is -1.30. The van der Waals surface area contributed by atoms with Gasteiger partial charge in [-0.2, -0.15) is 0 Å². The van der Waals surface area contributed by atoms with Gasteiger partial charge in [-0.15, -0.1) is 0 Å². The highest BCUT2D eigenvalue weighted by Crippen LogP contribution is 2.01. The van der Waals surface area contributed by atoms with Gasteiger partial charge in [0, 0.05) is 20.1 Å². The number of methoxy groups -OCH3 is 1. The SMILES string of the molecule is COCC(C)NC(=O)NCCCCCCC(=O)O. The van der Waals surface area contributed by atoms with E-state index < -0.39 is 5.97 Å². The summed E-state index contributed by atoms with van der Waals surface area (Å²) in [6, 6.07) is -0.198. The third kappa shape index (κ3) is 11.2. The monoisotopic (exact) mass is 260 g/mol. The quantitative estimate of drug-likeness (QED) is 0.517. The molecule has 0 aromatic heterocycles. The molecule has 0 heterocycles. The van der Waals surface area contributed by atoms with Gasteiger partial charge in [0.2, 0.25) is 0 Å². The Morgan fingerprint density at radius 1 is 1.22 bits per heavy atom. The third-order valence-electron chi connectivity index (χ3n) is 2.40. The zero-order chi connectivity index (χ0) is 13.8. The van der Waals surface area contributed by atoms with Crippen LogP contribution < -0.4 is 10.6 Å². The number of amides is 2. The number of hydrogen-bond acceptors (Lipinski definition) is 3. The van der Waals surface area contributed by atoms with Crippen LogP contribution in [0.2, 0.25) is 0 Å². The molecule has 0 saturated heterocycles. The molecular weight excluding hydrogens is 236 g/mol. The molecule has 0 bridgehead atoms. The van der Waals surface area contributed by atoms with E-state index in [1.165, 1.54) is 0 Å². The van der Waals surface area contributed by atoms with Crippen LogP contribution in [0.5, 0.6) is 0 Å². The van der Waals surface area contributed by atoms with Crippen molar-refractivity contribution in [3.05, 3.63) is 0 Å². The number of urea groups is 1. The number of carbonyl (C=O) groups excluding carboxylic acids is 1. The zero-order valence-corrected chi connectivity index (χ0v) is 11.2. The number of carboxylic acid groups (broad SMARTS) is 1. The summed E-state index contributed by atoms with van der Waals surface area (Å²) in [6.07, 6.45) is 3.61. The molecule has 2 amide bonds. The van der Waals surface area contributed by atoms with Gasteiger partial charge in [-0.25, -0.2) is 4.79 Å². The zero-order valence-electron chi connectivity index (χ0n) is 11.2. The van der Waals surface area contributed by atoms with Gasteiger partial charge in [-0.05, 0) is 19.8 Å². The van der Waals surface area contributed by atoms with E-state index >= 15 is 0 Å². The average molecular weight is 260 g/mol. The van der Waals surface area contributed by atoms with Crippen molar-refractivity contribution in [2.24, 2.45) is 0 Å². The molecule has 1 atom stereocenters. The van der Waals surface area contributed by atoms with Gasteiger partial charge in [0.25, 0.3) is 0 Å². The topological polar surface area (TPSA) is 87.7 Å². The molecule has 0 radical (unpaired) electrons. The van der Waals surface area contributed by atoms with Crippen LogP contribution in [-0.4, -0.2) is 43.4 Å². The molecule has 6 heteroatoms. The van der Waals surface area contributed by atoms with Gasteiger partial charge in [0.1, 0.15) is 0 Å². The smallest absolute Gasteiger partial charge is 0.315 e. The molecule has 0 saturated carbocycles. The average Bonchev–Trinajstić information content (AvgIpc) is 2.27. The van der Waals surface area contributed by atoms with E-state index in [2.05, 4.69) is 10.6 Å². The van der Waals surface area contributed by atoms with E-state index in [-0.39, 0.29) is 18.5 Å². The summed E-state index contributed by atoms with van der Waals surface area (Å²) in [4.78, 5) is 21.6. The second-order valence-corrected chi connectivity index (χ2v) is 4.31. The summed E-state index contributed by atoms with van der Waals surface area (Å²) in [5.74, 6) is -0.750. The number of carbonyl (C=O) groups is 2. The second kappa shape index (κ2) is 10.8. The number of aliphatic carboxylic acids is 1. The fourth-order valence-electron chi connectivity index (χ4n) is 1.52. The molecule has 0 rings (SSSR count). The molecule has 106 valence electrons. The fraction of sp³-hybridized carbons (Fsp3) is 0.833. The maximum atomic E-state index is 11.4. The van der Waals surface area contributed by atoms with Gasteiger partial charge in [0.15, 0.2) is 0 Å². The van der Waals surface area contributed by atoms with Gasteiger partial charge in [0.05, 0.1) is 12.6 Å². The van der Waals surface area contributed by atoms with E-state index in [0.29, 0.717) is 19.6 Å².